The number of anilines is 1. The van der Waals surface area contributed by atoms with E-state index in [2.05, 4.69) is 32.9 Å². The zero-order valence-corrected chi connectivity index (χ0v) is 16.9. The van der Waals surface area contributed by atoms with Crippen LogP contribution in [0, 0.1) is 0 Å². The molecule has 2 fully saturated rings. The minimum atomic E-state index is -3.23. The number of sulfone groups is 1. The van der Waals surface area contributed by atoms with E-state index in [1.807, 2.05) is 13.1 Å². The van der Waals surface area contributed by atoms with Gasteiger partial charge < -0.3 is 9.64 Å². The van der Waals surface area contributed by atoms with Crippen LogP contribution in [0.25, 0.3) is 11.0 Å². The molecule has 0 unspecified atom stereocenters. The molecule has 7 nitrogen and oxygen atoms in total. The molecule has 3 heterocycles. The van der Waals surface area contributed by atoms with Gasteiger partial charge in [-0.1, -0.05) is 0 Å². The van der Waals surface area contributed by atoms with Gasteiger partial charge in [0.25, 0.3) is 0 Å². The van der Waals surface area contributed by atoms with Crippen LogP contribution in [0.4, 0.5) is 5.82 Å². The Morgan fingerprint density at radius 1 is 1.40 bits per heavy atom. The van der Waals surface area contributed by atoms with Gasteiger partial charge in [0.05, 0.1) is 29.5 Å². The Bertz CT molecular complexity index is 952. The predicted octanol–water partition coefficient (Wildman–Crippen LogP) is 1.99. The molecule has 0 N–H and O–H groups in total. The third-order valence-corrected chi connectivity index (χ3v) is 7.88. The van der Waals surface area contributed by atoms with Gasteiger partial charge in [0.15, 0.2) is 14.4 Å². The molecular weight excluding hydrogens is 408 g/mol. The van der Waals surface area contributed by atoms with E-state index in [0.29, 0.717) is 36.2 Å². The third kappa shape index (κ3) is 2.59. The molecule has 2 aromatic heterocycles. The van der Waals surface area contributed by atoms with Gasteiger partial charge in [-0.05, 0) is 41.8 Å². The van der Waals surface area contributed by atoms with Crippen molar-refractivity contribution in [2.24, 2.45) is 7.05 Å². The van der Waals surface area contributed by atoms with Gasteiger partial charge in [-0.15, -0.1) is 0 Å². The fourth-order valence-electron chi connectivity index (χ4n) is 3.74. The van der Waals surface area contributed by atoms with Gasteiger partial charge in [0, 0.05) is 25.4 Å². The van der Waals surface area contributed by atoms with Crippen LogP contribution in [0.2, 0.25) is 0 Å². The molecule has 1 atom stereocenters. The monoisotopic (exact) mass is 428 g/mol. The number of aryl methyl sites for hydroxylation is 1. The molecule has 1 saturated carbocycles. The van der Waals surface area contributed by atoms with Crippen molar-refractivity contribution in [3.63, 3.8) is 0 Å². The van der Waals surface area contributed by atoms with Crippen LogP contribution in [0.3, 0.4) is 0 Å². The summed E-state index contributed by atoms with van der Waals surface area (Å²) in [5.41, 5.74) is 2.32. The van der Waals surface area contributed by atoms with Crippen LogP contribution in [-0.2, 0) is 26.4 Å². The lowest BCUT2D eigenvalue weighted by Gasteiger charge is -2.34. The molecule has 1 aliphatic carbocycles. The van der Waals surface area contributed by atoms with Crippen molar-refractivity contribution < 1.29 is 13.2 Å². The van der Waals surface area contributed by atoms with Gasteiger partial charge in [-0.25, -0.2) is 13.4 Å². The van der Waals surface area contributed by atoms with E-state index in [0.717, 1.165) is 23.4 Å². The van der Waals surface area contributed by atoms with Crippen molar-refractivity contribution >= 4 is 42.6 Å². The molecule has 9 heteroatoms. The van der Waals surface area contributed by atoms with E-state index in [9.17, 15) is 8.42 Å². The Hall–Kier alpha value is -1.19. The molecule has 2 aromatic rings. The van der Waals surface area contributed by atoms with E-state index in [4.69, 9.17) is 9.72 Å². The summed E-state index contributed by atoms with van der Waals surface area (Å²) < 4.78 is 32.1. The highest BCUT2D eigenvalue weighted by atomic mass is 79.9. The number of hydrogen-bond donors (Lipinski definition) is 0. The lowest BCUT2D eigenvalue weighted by molar-refractivity contribution is 0.0985. The second kappa shape index (κ2) is 5.65. The molecule has 0 spiro atoms. The Morgan fingerprint density at radius 3 is 2.72 bits per heavy atom. The van der Waals surface area contributed by atoms with Crippen LogP contribution in [-0.4, -0.2) is 55.2 Å². The summed E-state index contributed by atoms with van der Waals surface area (Å²) in [7, 11) is -1.40. The highest BCUT2D eigenvalue weighted by Crippen LogP contribution is 2.55. The quantitative estimate of drug-likeness (QED) is 0.743. The highest BCUT2D eigenvalue weighted by Gasteiger charge is 2.55. The minimum Gasteiger partial charge on any atom is -0.377 e. The van der Waals surface area contributed by atoms with Crippen LogP contribution >= 0.6 is 15.9 Å². The summed E-state index contributed by atoms with van der Waals surface area (Å²) in [4.78, 5) is 6.98. The summed E-state index contributed by atoms with van der Waals surface area (Å²) in [5, 5.41) is 4.41. The van der Waals surface area contributed by atoms with Crippen LogP contribution in [0.5, 0.6) is 0 Å². The summed E-state index contributed by atoms with van der Waals surface area (Å²) in [6, 6.07) is 2.14. The minimum absolute atomic E-state index is 0.190. The van der Waals surface area contributed by atoms with E-state index in [1.165, 1.54) is 6.26 Å². The van der Waals surface area contributed by atoms with Gasteiger partial charge in [-0.3, -0.25) is 4.68 Å². The van der Waals surface area contributed by atoms with Crippen molar-refractivity contribution in [2.45, 2.75) is 30.6 Å². The lowest BCUT2D eigenvalue weighted by atomic mass is 10.1. The number of halogens is 1. The Morgan fingerprint density at radius 2 is 2.12 bits per heavy atom. The average molecular weight is 429 g/mol. The van der Waals surface area contributed by atoms with E-state index in [-0.39, 0.29) is 6.04 Å². The second-order valence-corrected chi connectivity index (χ2v) is 10.1. The highest BCUT2D eigenvalue weighted by molar-refractivity contribution is 9.10. The molecule has 0 bridgehead atoms. The van der Waals surface area contributed by atoms with Gasteiger partial charge >= 0.3 is 0 Å². The summed E-state index contributed by atoms with van der Waals surface area (Å²) in [6.45, 7) is 4.11. The number of pyridine rings is 1. The number of hydrogen-bond acceptors (Lipinski definition) is 6. The van der Waals surface area contributed by atoms with E-state index < -0.39 is 14.6 Å². The van der Waals surface area contributed by atoms with Gasteiger partial charge in [0.2, 0.25) is 0 Å². The van der Waals surface area contributed by atoms with E-state index in [1.54, 1.807) is 4.68 Å². The maximum absolute atomic E-state index is 12.5. The number of aromatic nitrogens is 3. The normalized spacial score (nSPS) is 23.2. The zero-order valence-electron chi connectivity index (χ0n) is 14.5. The standard InChI is InChI=1S/C16H21BrN4O3S/c1-10-9-24-7-6-21(10)12-8-11(16(4-5-16)25(3,22)23)14-13(18-12)15(17)19-20(14)2/h8,10H,4-7,9H2,1-3H3/t10-/m1/s1. The van der Waals surface area contributed by atoms with Crippen LogP contribution < -0.4 is 4.90 Å². The Labute approximate surface area is 155 Å². The summed E-state index contributed by atoms with van der Waals surface area (Å²) >= 11 is 3.48. The number of ether oxygens (including phenoxy) is 1. The van der Waals surface area contributed by atoms with E-state index >= 15 is 0 Å². The van der Waals surface area contributed by atoms with Crippen LogP contribution in [0.15, 0.2) is 10.7 Å². The molecule has 1 saturated heterocycles. The Kier molecular flexibility index (Phi) is 3.90. The largest absolute Gasteiger partial charge is 0.377 e. The molecule has 0 amide bonds. The predicted molar refractivity (Wildman–Crippen MR) is 99.6 cm³/mol. The first-order valence-corrected chi connectivity index (χ1v) is 11.0. The third-order valence-electron chi connectivity index (χ3n) is 5.30. The molecule has 4 rings (SSSR count). The second-order valence-electron chi connectivity index (χ2n) is 7.02. The molecular formula is C16H21BrN4O3S. The maximum Gasteiger partial charge on any atom is 0.157 e. The first kappa shape index (κ1) is 17.2. The zero-order chi connectivity index (χ0) is 18.0. The summed E-state index contributed by atoms with van der Waals surface area (Å²) in [5.74, 6) is 0.793. The topological polar surface area (TPSA) is 77.3 Å². The smallest absolute Gasteiger partial charge is 0.157 e. The fourth-order valence-corrected chi connectivity index (χ4v) is 5.65. The molecule has 2 aliphatic rings. The summed E-state index contributed by atoms with van der Waals surface area (Å²) in [6.07, 6.45) is 2.62. The molecule has 0 aromatic carbocycles. The molecule has 1 aliphatic heterocycles. The Balaban J connectivity index is 1.98. The van der Waals surface area contributed by atoms with Crippen molar-refractivity contribution in [3.8, 4) is 0 Å². The SMILES string of the molecule is C[C@@H]1COCCN1c1cc(C2(S(C)(=O)=O)CC2)c2c(n1)c(Br)nn2C. The number of morpholine rings is 1. The molecule has 25 heavy (non-hydrogen) atoms. The van der Waals surface area contributed by atoms with Crippen LogP contribution in [0.1, 0.15) is 25.3 Å². The van der Waals surface area contributed by atoms with Crippen molar-refractivity contribution in [3.05, 3.63) is 16.2 Å². The number of nitrogens with zero attached hydrogens (tertiary/aromatic N) is 4. The molecule has 0 radical (unpaired) electrons. The average Bonchev–Trinajstić information content (AvgIpc) is 3.30. The fraction of sp³-hybridized carbons (Fsp3) is 0.625. The van der Waals surface area contributed by atoms with Gasteiger partial charge in [-0.2, -0.15) is 5.10 Å². The first-order valence-electron chi connectivity index (χ1n) is 8.32. The lowest BCUT2D eigenvalue weighted by Crippen LogP contribution is -2.44. The van der Waals surface area contributed by atoms with Crippen molar-refractivity contribution in [1.82, 2.24) is 14.8 Å². The number of rotatable bonds is 3. The maximum atomic E-state index is 12.5. The molecule has 136 valence electrons. The number of fused-ring (bicyclic) bond motifs is 1. The first-order chi connectivity index (χ1) is 11.7. The van der Waals surface area contributed by atoms with Crippen molar-refractivity contribution in [2.75, 3.05) is 30.9 Å². The van der Waals surface area contributed by atoms with Crippen molar-refractivity contribution in [1.29, 1.82) is 0 Å². The van der Waals surface area contributed by atoms with Gasteiger partial charge in [0.1, 0.15) is 11.3 Å².